The number of hydrogen-bond donors (Lipinski definition) is 12. The van der Waals surface area contributed by atoms with E-state index in [0.29, 0.717) is 57.7 Å². The Kier molecular flexibility index (Phi) is 33.5. The first-order chi connectivity index (χ1) is 50.6. The van der Waals surface area contributed by atoms with Crippen molar-refractivity contribution < 1.29 is 83.7 Å². The van der Waals surface area contributed by atoms with Gasteiger partial charge in [0.2, 0.25) is 59.2 Å². The van der Waals surface area contributed by atoms with Crippen LogP contribution >= 0.6 is 0 Å². The van der Waals surface area contributed by atoms with Gasteiger partial charge < -0.3 is 72.9 Å². The van der Waals surface area contributed by atoms with Crippen LogP contribution in [-0.4, -0.2) is 173 Å². The number of benzene rings is 2. The number of sulfonamides is 2. The van der Waals surface area contributed by atoms with E-state index in [1.54, 1.807) is 104 Å². The van der Waals surface area contributed by atoms with Crippen LogP contribution in [0.1, 0.15) is 220 Å². The highest BCUT2D eigenvalue weighted by Gasteiger charge is 2.41. The van der Waals surface area contributed by atoms with E-state index in [1.807, 2.05) is 41.5 Å². The van der Waals surface area contributed by atoms with Gasteiger partial charge >= 0.3 is 11.9 Å². The third kappa shape index (κ3) is 27.6. The molecule has 0 radical (unpaired) electrons. The molecule has 2 aliphatic rings. The third-order valence-corrected chi connectivity index (χ3v) is 21.8. The predicted molar refractivity (Wildman–Crippen MR) is 417 cm³/mol. The summed E-state index contributed by atoms with van der Waals surface area (Å²) in [6.45, 7) is 39.2. The number of nitrogens with zero attached hydrogens (tertiary/aromatic N) is 2. The molecule has 618 valence electrons. The second kappa shape index (κ2) is 39.4. The Morgan fingerprint density at radius 1 is 0.464 bits per heavy atom. The maximum atomic E-state index is 15.0. The first-order valence-corrected chi connectivity index (χ1v) is 40.6. The van der Waals surface area contributed by atoms with Gasteiger partial charge in [-0.25, -0.2) is 31.1 Å². The summed E-state index contributed by atoms with van der Waals surface area (Å²) < 4.78 is 83.6. The first-order valence-electron chi connectivity index (χ1n) is 37.6. The first kappa shape index (κ1) is 93.6. The lowest BCUT2D eigenvalue weighted by atomic mass is 9.94. The molecule has 2 aliphatic heterocycles. The normalized spacial score (nSPS) is 16.3. The van der Waals surface area contributed by atoms with Crippen molar-refractivity contribution in [3.05, 3.63) is 44.5 Å². The number of aliphatic imine (C=N–C) groups is 2. The largest absolute Gasteiger partial charge is 0.487 e. The fraction of sp³-hybridized carbons (Fsp3) is 0.684. The topological polar surface area (TPSA) is 473 Å². The highest BCUT2D eigenvalue weighted by Crippen LogP contribution is 2.45. The summed E-state index contributed by atoms with van der Waals surface area (Å²) in [6.07, 6.45) is -0.0752. The number of rotatable bonds is 38. The predicted octanol–water partition coefficient (Wildman–Crippen LogP) is 4.42. The summed E-state index contributed by atoms with van der Waals surface area (Å²) in [5, 5.41) is 21.2. The quantitative estimate of drug-likeness (QED) is 0.0192. The Balaban J connectivity index is 1.66. The maximum Gasteiger partial charge on any atom is 0.328 e. The average Bonchev–Trinajstić information content (AvgIpc) is 1.51. The summed E-state index contributed by atoms with van der Waals surface area (Å²) in [5.41, 5.74) is 15.0. The fourth-order valence-corrected chi connectivity index (χ4v) is 16.3. The van der Waals surface area contributed by atoms with Crippen LogP contribution in [0.15, 0.2) is 19.8 Å². The fourth-order valence-electron chi connectivity index (χ4n) is 13.2. The van der Waals surface area contributed by atoms with Crippen molar-refractivity contribution in [2.24, 2.45) is 45.1 Å². The van der Waals surface area contributed by atoms with Gasteiger partial charge in [0.05, 0.1) is 23.3 Å². The van der Waals surface area contributed by atoms with E-state index >= 15 is 0 Å². The Hall–Kier alpha value is -8.82. The minimum Gasteiger partial charge on any atom is -0.487 e. The zero-order valence-electron chi connectivity index (χ0n) is 68.8. The molecule has 32 nitrogen and oxygen atoms in total. The van der Waals surface area contributed by atoms with Crippen LogP contribution in [-0.2, 0) is 90.3 Å². The molecule has 0 fully saturated rings. The molecule has 0 bridgehead atoms. The van der Waals surface area contributed by atoms with Gasteiger partial charge in [-0.2, -0.15) is 0 Å². The van der Waals surface area contributed by atoms with Gasteiger partial charge in [0.15, 0.2) is 0 Å². The van der Waals surface area contributed by atoms with Gasteiger partial charge in [-0.15, -0.1) is 0 Å². The average molecular weight is 1590 g/mol. The summed E-state index contributed by atoms with van der Waals surface area (Å²) in [7, 11) is -7.43. The molecule has 0 saturated heterocycles. The number of guanidine groups is 2. The van der Waals surface area contributed by atoms with Crippen LogP contribution in [0.2, 0.25) is 0 Å². The van der Waals surface area contributed by atoms with Gasteiger partial charge in [-0.3, -0.25) is 53.1 Å². The van der Waals surface area contributed by atoms with Crippen molar-refractivity contribution in [2.75, 3.05) is 20.2 Å². The van der Waals surface area contributed by atoms with E-state index in [-0.39, 0.29) is 97.9 Å². The zero-order chi connectivity index (χ0) is 83.8. The Bertz CT molecular complexity index is 4030. The molecule has 0 aromatic heterocycles. The van der Waals surface area contributed by atoms with Gasteiger partial charge in [0.1, 0.15) is 76.6 Å². The van der Waals surface area contributed by atoms with Gasteiger partial charge in [0, 0.05) is 44.0 Å². The SMILES string of the molecule is COC(=O)[C@H](CC(C)C)NC(=O)[C@H](C)NC(=O)[C@H](CC(C)C)NC(=O)[C@H](CCCN=C(N)NS(=O)(=O)c1c(C)c(C)c2c(c1C)CC(C)(C)O2)NC(=O)[C@H](CC(C)C)NC(=O)[C@H](CC(=O)OC(C)(C)C)NC(=O)[C@H](CC(C)C)NC(=O)[C@H](CCCN=C(N)NS(=O)(=O)c1c(C)c(C)c2c(c1C)CC(C)(C)O2)NC(C)=O. The van der Waals surface area contributed by atoms with E-state index in [0.717, 1.165) is 11.1 Å². The Morgan fingerprint density at radius 2 is 0.782 bits per heavy atom. The van der Waals surface area contributed by atoms with E-state index in [4.69, 9.17) is 30.4 Å². The molecule has 8 atom stereocenters. The van der Waals surface area contributed by atoms with Crippen molar-refractivity contribution >= 4 is 91.2 Å². The third-order valence-electron chi connectivity index (χ3n) is 18.5. The molecule has 2 heterocycles. The number of nitrogens with two attached hydrogens (primary N) is 2. The number of amides is 8. The second-order valence-electron chi connectivity index (χ2n) is 32.8. The number of ether oxygens (including phenoxy) is 4. The Labute approximate surface area is 649 Å². The molecular weight excluding hydrogens is 1460 g/mol. The lowest BCUT2D eigenvalue weighted by Gasteiger charge is -2.29. The smallest absolute Gasteiger partial charge is 0.328 e. The van der Waals surface area contributed by atoms with Crippen molar-refractivity contribution in [1.82, 2.24) is 52.0 Å². The van der Waals surface area contributed by atoms with Gasteiger partial charge in [-0.05, 0) is 205 Å². The monoisotopic (exact) mass is 1580 g/mol. The maximum absolute atomic E-state index is 15.0. The summed E-state index contributed by atoms with van der Waals surface area (Å²) in [5.74, 6) is -9.04. The number of carbonyl (C=O) groups is 10. The molecule has 2 aromatic rings. The molecule has 0 saturated carbocycles. The highest BCUT2D eigenvalue weighted by molar-refractivity contribution is 7.90. The molecule has 8 amide bonds. The van der Waals surface area contributed by atoms with Crippen molar-refractivity contribution in [3.8, 4) is 11.5 Å². The highest BCUT2D eigenvalue weighted by atomic mass is 32.2. The minimum absolute atomic E-state index is 0.00799. The molecule has 110 heavy (non-hydrogen) atoms. The van der Waals surface area contributed by atoms with Gasteiger partial charge in [-0.1, -0.05) is 55.4 Å². The van der Waals surface area contributed by atoms with Gasteiger partial charge in [0.25, 0.3) is 20.0 Å². The molecule has 14 N–H and O–H groups in total. The van der Waals surface area contributed by atoms with Crippen LogP contribution in [0.4, 0.5) is 0 Å². The molecule has 0 unspecified atom stereocenters. The van der Waals surface area contributed by atoms with Crippen LogP contribution in [0.25, 0.3) is 0 Å². The second-order valence-corrected chi connectivity index (χ2v) is 36.1. The molecule has 0 aliphatic carbocycles. The summed E-state index contributed by atoms with van der Waals surface area (Å²) >= 11 is 0. The zero-order valence-corrected chi connectivity index (χ0v) is 70.5. The lowest BCUT2D eigenvalue weighted by Crippen LogP contribution is -2.60. The van der Waals surface area contributed by atoms with Crippen LogP contribution in [0.3, 0.4) is 0 Å². The number of hydrogen-bond acceptors (Lipinski definition) is 20. The molecule has 34 heteroatoms. The van der Waals surface area contributed by atoms with Crippen molar-refractivity contribution in [3.63, 3.8) is 0 Å². The minimum atomic E-state index is -4.35. The molecule has 4 rings (SSSR count). The van der Waals surface area contributed by atoms with E-state index in [9.17, 15) is 64.8 Å². The van der Waals surface area contributed by atoms with E-state index < -0.39 is 163 Å². The molecule has 0 spiro atoms. The molecule has 2 aromatic carbocycles. The van der Waals surface area contributed by atoms with Crippen molar-refractivity contribution in [2.45, 2.75) is 305 Å². The van der Waals surface area contributed by atoms with Crippen LogP contribution < -0.4 is 72.9 Å². The number of esters is 2. The van der Waals surface area contributed by atoms with Crippen molar-refractivity contribution in [1.29, 1.82) is 0 Å². The van der Waals surface area contributed by atoms with E-state index in [1.165, 1.54) is 21.0 Å². The summed E-state index contributed by atoms with van der Waals surface area (Å²) in [6, 6.07) is -11.2. The van der Waals surface area contributed by atoms with Crippen LogP contribution in [0, 0.1) is 65.2 Å². The van der Waals surface area contributed by atoms with E-state index in [2.05, 4.69) is 62.0 Å². The summed E-state index contributed by atoms with van der Waals surface area (Å²) in [4.78, 5) is 149. The number of fused-ring (bicyclic) bond motifs is 2. The molecular formula is C76H124N14O18S2. The number of nitrogens with one attached hydrogen (secondary N) is 10. The standard InChI is InChI=1S/C76H124N14O18S2/c1-38(2)31-54(67(96)81-48(15)64(93)88-58(34-41(7)8)71(100)105-24)84-66(95)53(28-26-30-80-73(78)90-110(103,104)63-45(12)43(10)61-51(47(63)14)37-76(22,23)108-61)83-68(97)55(32-39(3)4)86-70(99)57(35-59(92)106-74(17,18)19)87-69(98)56(33-40(5)6)85-65(94)52(82-49(16)91)27-25-29-79-72(77)89-109(101,102)62-44(11)42(9)60-50(46(62)13)36-75(20,21)107-60/h38-41,48,52-58H,25-37H2,1-24H3,(H,81,96)(H,82,91)(H,83,97)(H,84,95)(H,85,94)(H,86,99)(H,87,98)(H,88,93)(H3,77,79,89)(H3,78,80,90)/t48-,52-,53-,54-,55-,56-,57-,58-/m0/s1. The Morgan fingerprint density at radius 3 is 1.14 bits per heavy atom. The van der Waals surface area contributed by atoms with Crippen LogP contribution in [0.5, 0.6) is 11.5 Å². The number of carbonyl (C=O) groups excluding carboxylic acids is 10. The lowest BCUT2D eigenvalue weighted by molar-refractivity contribution is -0.156. The number of methoxy groups -OCH3 is 1.